The molecule has 1 aromatic carbocycles. The van der Waals surface area contributed by atoms with Crippen LogP contribution in [0.5, 0.6) is 0 Å². The Morgan fingerprint density at radius 2 is 2.14 bits per heavy atom. The molecule has 0 heterocycles. The van der Waals surface area contributed by atoms with Crippen LogP contribution in [0.3, 0.4) is 0 Å². The van der Waals surface area contributed by atoms with Crippen molar-refractivity contribution in [3.8, 4) is 0 Å². The number of aliphatic hydroxyl groups excluding tert-OH is 1. The van der Waals surface area contributed by atoms with E-state index in [2.05, 4.69) is 48.7 Å². The Morgan fingerprint density at radius 3 is 2.86 bits per heavy atom. The van der Waals surface area contributed by atoms with Crippen molar-refractivity contribution in [2.24, 2.45) is 11.8 Å². The molecular weight excluding hydrogens is 276 g/mol. The molecule has 2 aliphatic carbocycles. The molecular formula is C18H26N2O2. The predicted molar refractivity (Wildman–Crippen MR) is 86.8 cm³/mol. The van der Waals surface area contributed by atoms with E-state index < -0.39 is 0 Å². The van der Waals surface area contributed by atoms with Gasteiger partial charge in [-0.3, -0.25) is 0 Å². The summed E-state index contributed by atoms with van der Waals surface area (Å²) in [5.74, 6) is 1.51. The molecule has 0 radical (unpaired) electrons. The summed E-state index contributed by atoms with van der Waals surface area (Å²) in [6, 6.07) is 8.52. The van der Waals surface area contributed by atoms with Crippen molar-refractivity contribution < 1.29 is 9.90 Å². The number of amides is 2. The lowest BCUT2D eigenvalue weighted by Gasteiger charge is -2.18. The van der Waals surface area contributed by atoms with Crippen LogP contribution in [0.1, 0.15) is 43.7 Å². The summed E-state index contributed by atoms with van der Waals surface area (Å²) >= 11 is 0. The second-order valence-corrected chi connectivity index (χ2v) is 7.08. The number of nitrogens with one attached hydrogen (secondary N) is 2. The zero-order chi connectivity index (χ0) is 15.7. The van der Waals surface area contributed by atoms with Crippen molar-refractivity contribution in [3.05, 3.63) is 35.4 Å². The third-order valence-electron chi connectivity index (χ3n) is 4.94. The fourth-order valence-corrected chi connectivity index (χ4v) is 3.89. The van der Waals surface area contributed by atoms with E-state index in [-0.39, 0.29) is 24.7 Å². The summed E-state index contributed by atoms with van der Waals surface area (Å²) in [6.07, 6.45) is 3.07. The van der Waals surface area contributed by atoms with Crippen LogP contribution in [0.15, 0.2) is 24.3 Å². The van der Waals surface area contributed by atoms with Gasteiger partial charge in [0.25, 0.3) is 0 Å². The Hall–Kier alpha value is -1.55. The van der Waals surface area contributed by atoms with Gasteiger partial charge in [-0.05, 0) is 42.2 Å². The molecule has 3 N–H and O–H groups in total. The molecule has 4 atom stereocenters. The lowest BCUT2D eigenvalue weighted by molar-refractivity contribution is 0.206. The van der Waals surface area contributed by atoms with E-state index in [1.54, 1.807) is 0 Å². The first-order valence-corrected chi connectivity index (χ1v) is 8.35. The van der Waals surface area contributed by atoms with E-state index in [1.165, 1.54) is 11.1 Å². The highest BCUT2D eigenvalue weighted by Crippen LogP contribution is 2.54. The van der Waals surface area contributed by atoms with E-state index in [0.717, 1.165) is 19.3 Å². The fourth-order valence-electron chi connectivity index (χ4n) is 3.89. The highest BCUT2D eigenvalue weighted by Gasteiger charge is 2.53. The maximum absolute atomic E-state index is 12.2. The molecule has 0 spiro atoms. The standard InChI is InChI=1S/C18H26N2O2/c1-11(2)9-13(10-21)19-18(22)20-17-15-8-7-12-5-3-4-6-14(12)16(15)17/h3-6,11,13,15-17,21H,7-10H2,1-2H3,(H2,19,20,22). The first kappa shape index (κ1) is 15.3. The number of fused-ring (bicyclic) bond motifs is 3. The number of carbonyl (C=O) groups excluding carboxylic acids is 1. The van der Waals surface area contributed by atoms with Gasteiger partial charge in [0.15, 0.2) is 0 Å². The third-order valence-corrected chi connectivity index (χ3v) is 4.94. The number of carbonyl (C=O) groups is 1. The van der Waals surface area contributed by atoms with Crippen LogP contribution in [-0.2, 0) is 6.42 Å². The minimum atomic E-state index is -0.159. The quantitative estimate of drug-likeness (QED) is 0.782. The molecule has 0 aliphatic heterocycles. The van der Waals surface area contributed by atoms with Gasteiger partial charge in [-0.1, -0.05) is 38.1 Å². The van der Waals surface area contributed by atoms with Crippen LogP contribution in [0.2, 0.25) is 0 Å². The summed E-state index contributed by atoms with van der Waals surface area (Å²) < 4.78 is 0. The maximum atomic E-state index is 12.2. The number of aliphatic hydroxyl groups is 1. The summed E-state index contributed by atoms with van der Waals surface area (Å²) in [7, 11) is 0. The molecule has 4 unspecified atom stereocenters. The topological polar surface area (TPSA) is 61.4 Å². The van der Waals surface area contributed by atoms with Gasteiger partial charge in [0.05, 0.1) is 12.6 Å². The van der Waals surface area contributed by atoms with E-state index in [4.69, 9.17) is 0 Å². The number of aryl methyl sites for hydroxylation is 1. The van der Waals surface area contributed by atoms with Gasteiger partial charge in [0, 0.05) is 12.0 Å². The smallest absolute Gasteiger partial charge is 0.315 e. The molecule has 0 bridgehead atoms. The van der Waals surface area contributed by atoms with Crippen molar-refractivity contribution in [2.45, 2.75) is 51.1 Å². The van der Waals surface area contributed by atoms with E-state index >= 15 is 0 Å². The molecule has 4 heteroatoms. The third kappa shape index (κ3) is 3.12. The first-order chi connectivity index (χ1) is 10.6. The molecule has 4 nitrogen and oxygen atoms in total. The van der Waals surface area contributed by atoms with Gasteiger partial charge in [-0.2, -0.15) is 0 Å². The summed E-state index contributed by atoms with van der Waals surface area (Å²) in [5.41, 5.74) is 2.84. The van der Waals surface area contributed by atoms with Gasteiger partial charge in [0.2, 0.25) is 0 Å². The minimum Gasteiger partial charge on any atom is -0.394 e. The molecule has 0 aromatic heterocycles. The normalized spacial score (nSPS) is 26.8. The molecule has 0 saturated heterocycles. The number of rotatable bonds is 5. The Kier molecular flexibility index (Phi) is 4.39. The maximum Gasteiger partial charge on any atom is 0.315 e. The second kappa shape index (κ2) is 6.29. The molecule has 1 fully saturated rings. The van der Waals surface area contributed by atoms with Crippen molar-refractivity contribution >= 4 is 6.03 Å². The van der Waals surface area contributed by atoms with E-state index in [9.17, 15) is 9.90 Å². The molecule has 22 heavy (non-hydrogen) atoms. The lowest BCUT2D eigenvalue weighted by atomic mass is 9.92. The van der Waals surface area contributed by atoms with Gasteiger partial charge < -0.3 is 15.7 Å². The Morgan fingerprint density at radius 1 is 1.36 bits per heavy atom. The largest absolute Gasteiger partial charge is 0.394 e. The van der Waals surface area contributed by atoms with Crippen LogP contribution in [0, 0.1) is 11.8 Å². The number of hydrogen-bond acceptors (Lipinski definition) is 2. The average Bonchev–Trinajstić information content (AvgIpc) is 3.19. The molecule has 1 aromatic rings. The van der Waals surface area contributed by atoms with E-state index in [0.29, 0.717) is 17.8 Å². The number of urea groups is 1. The van der Waals surface area contributed by atoms with Crippen LogP contribution < -0.4 is 10.6 Å². The molecule has 2 aliphatic rings. The van der Waals surface area contributed by atoms with E-state index in [1.807, 2.05) is 0 Å². The van der Waals surface area contributed by atoms with Crippen LogP contribution in [0.25, 0.3) is 0 Å². The summed E-state index contributed by atoms with van der Waals surface area (Å²) in [4.78, 5) is 12.2. The van der Waals surface area contributed by atoms with Crippen LogP contribution in [0.4, 0.5) is 4.79 Å². The van der Waals surface area contributed by atoms with Gasteiger partial charge in [-0.15, -0.1) is 0 Å². The molecule has 3 rings (SSSR count). The van der Waals surface area contributed by atoms with Crippen LogP contribution in [-0.4, -0.2) is 29.8 Å². The molecule has 1 saturated carbocycles. The average molecular weight is 302 g/mol. The highest BCUT2D eigenvalue weighted by molar-refractivity contribution is 5.75. The lowest BCUT2D eigenvalue weighted by Crippen LogP contribution is -2.45. The predicted octanol–water partition coefficient (Wildman–Crippen LogP) is 2.42. The minimum absolute atomic E-state index is 0.00798. The highest BCUT2D eigenvalue weighted by atomic mass is 16.3. The van der Waals surface area contributed by atoms with Crippen molar-refractivity contribution in [1.29, 1.82) is 0 Å². The Bertz CT molecular complexity index is 544. The zero-order valence-corrected chi connectivity index (χ0v) is 13.4. The van der Waals surface area contributed by atoms with Gasteiger partial charge in [0.1, 0.15) is 0 Å². The Balaban J connectivity index is 1.56. The van der Waals surface area contributed by atoms with Gasteiger partial charge >= 0.3 is 6.03 Å². The second-order valence-electron chi connectivity index (χ2n) is 7.08. The number of hydrogen-bond donors (Lipinski definition) is 3. The van der Waals surface area contributed by atoms with Crippen molar-refractivity contribution in [1.82, 2.24) is 10.6 Å². The van der Waals surface area contributed by atoms with Crippen molar-refractivity contribution in [3.63, 3.8) is 0 Å². The monoisotopic (exact) mass is 302 g/mol. The fraction of sp³-hybridized carbons (Fsp3) is 0.611. The first-order valence-electron chi connectivity index (χ1n) is 8.35. The summed E-state index contributed by atoms with van der Waals surface area (Å²) in [5, 5.41) is 15.4. The molecule has 120 valence electrons. The summed E-state index contributed by atoms with van der Waals surface area (Å²) in [6.45, 7) is 4.18. The van der Waals surface area contributed by atoms with Gasteiger partial charge in [-0.25, -0.2) is 4.79 Å². The SMILES string of the molecule is CC(C)CC(CO)NC(=O)NC1C2CCc3ccccc3C21. The zero-order valence-electron chi connectivity index (χ0n) is 13.4. The Labute approximate surface area is 132 Å². The van der Waals surface area contributed by atoms with Crippen molar-refractivity contribution in [2.75, 3.05) is 6.61 Å². The van der Waals surface area contributed by atoms with Crippen LogP contribution >= 0.6 is 0 Å². The number of benzene rings is 1. The molecule has 2 amide bonds.